The van der Waals surface area contributed by atoms with Crippen LogP contribution in [-0.2, 0) is 16.0 Å². The van der Waals surface area contributed by atoms with E-state index in [2.05, 4.69) is 53.7 Å². The predicted octanol–water partition coefficient (Wildman–Crippen LogP) is 3.11. The van der Waals surface area contributed by atoms with E-state index in [1.165, 1.54) is 11.1 Å². The zero-order valence-electron chi connectivity index (χ0n) is 15.4. The SMILES string of the molecule is CCNC(=NCc1cccc(C)c1)NCCCOCC1CCOC1.I. The second kappa shape index (κ2) is 13.4. The molecule has 0 spiro atoms. The van der Waals surface area contributed by atoms with E-state index in [0.717, 1.165) is 58.3 Å². The second-order valence-corrected chi connectivity index (χ2v) is 6.27. The zero-order valence-corrected chi connectivity index (χ0v) is 17.8. The molecule has 1 atom stereocenters. The molecule has 0 radical (unpaired) electrons. The van der Waals surface area contributed by atoms with Crippen LogP contribution in [0.5, 0.6) is 0 Å². The zero-order chi connectivity index (χ0) is 17.0. The van der Waals surface area contributed by atoms with Crippen LogP contribution in [0, 0.1) is 12.8 Å². The molecule has 1 unspecified atom stereocenters. The molecule has 0 amide bonds. The summed E-state index contributed by atoms with van der Waals surface area (Å²) in [5, 5.41) is 6.65. The summed E-state index contributed by atoms with van der Waals surface area (Å²) in [6, 6.07) is 8.47. The van der Waals surface area contributed by atoms with E-state index in [-0.39, 0.29) is 24.0 Å². The Hall–Kier alpha value is -0.860. The van der Waals surface area contributed by atoms with Crippen molar-refractivity contribution in [1.82, 2.24) is 10.6 Å². The van der Waals surface area contributed by atoms with Gasteiger partial charge in [-0.15, -0.1) is 24.0 Å². The Kier molecular flexibility index (Phi) is 11.9. The summed E-state index contributed by atoms with van der Waals surface area (Å²) >= 11 is 0. The maximum absolute atomic E-state index is 5.72. The molecule has 0 aromatic heterocycles. The van der Waals surface area contributed by atoms with E-state index in [1.54, 1.807) is 0 Å². The lowest BCUT2D eigenvalue weighted by atomic mass is 10.1. The average Bonchev–Trinajstić information content (AvgIpc) is 3.09. The van der Waals surface area contributed by atoms with Crippen molar-refractivity contribution in [2.75, 3.05) is 39.5 Å². The Morgan fingerprint density at radius 2 is 2.24 bits per heavy atom. The van der Waals surface area contributed by atoms with Gasteiger partial charge in [0.05, 0.1) is 19.8 Å². The standard InChI is InChI=1S/C19H31N3O2.HI/c1-3-20-19(22-13-17-7-4-6-16(2)12-17)21-9-5-10-23-14-18-8-11-24-15-18;/h4,6-7,12,18H,3,5,8-11,13-15H2,1-2H3,(H2,20,21,22);1H. The van der Waals surface area contributed by atoms with Gasteiger partial charge in [0.15, 0.2) is 5.96 Å². The van der Waals surface area contributed by atoms with Gasteiger partial charge in [-0.25, -0.2) is 4.99 Å². The van der Waals surface area contributed by atoms with Gasteiger partial charge in [0, 0.05) is 32.2 Å². The number of halogens is 1. The fourth-order valence-electron chi connectivity index (χ4n) is 2.67. The first-order valence-electron chi connectivity index (χ1n) is 9.01. The Morgan fingerprint density at radius 3 is 2.96 bits per heavy atom. The monoisotopic (exact) mass is 461 g/mol. The highest BCUT2D eigenvalue weighted by Gasteiger charge is 2.15. The number of hydrogen-bond donors (Lipinski definition) is 2. The smallest absolute Gasteiger partial charge is 0.191 e. The summed E-state index contributed by atoms with van der Waals surface area (Å²) in [5.41, 5.74) is 2.50. The van der Waals surface area contributed by atoms with Gasteiger partial charge in [0.25, 0.3) is 0 Å². The fraction of sp³-hybridized carbons (Fsp3) is 0.632. The van der Waals surface area contributed by atoms with Crippen LogP contribution in [-0.4, -0.2) is 45.5 Å². The van der Waals surface area contributed by atoms with E-state index in [4.69, 9.17) is 9.47 Å². The lowest BCUT2D eigenvalue weighted by Gasteiger charge is -2.12. The van der Waals surface area contributed by atoms with Crippen molar-refractivity contribution < 1.29 is 9.47 Å². The summed E-state index contributed by atoms with van der Waals surface area (Å²) in [6.07, 6.45) is 2.11. The number of hydrogen-bond acceptors (Lipinski definition) is 3. The summed E-state index contributed by atoms with van der Waals surface area (Å²) in [4.78, 5) is 4.64. The number of aryl methyl sites for hydroxylation is 1. The molecule has 1 fully saturated rings. The normalized spacial score (nSPS) is 17.2. The van der Waals surface area contributed by atoms with E-state index in [9.17, 15) is 0 Å². The molecule has 0 saturated carbocycles. The summed E-state index contributed by atoms with van der Waals surface area (Å²) in [6.45, 7) is 9.94. The van der Waals surface area contributed by atoms with Crippen molar-refractivity contribution in [2.45, 2.75) is 33.2 Å². The molecule has 1 saturated heterocycles. The topological polar surface area (TPSA) is 54.9 Å². The third-order valence-electron chi connectivity index (χ3n) is 3.98. The molecule has 1 aromatic carbocycles. The molecule has 1 aromatic rings. The van der Waals surface area contributed by atoms with Crippen molar-refractivity contribution in [2.24, 2.45) is 10.9 Å². The molecule has 2 N–H and O–H groups in total. The Labute approximate surface area is 169 Å². The van der Waals surface area contributed by atoms with E-state index >= 15 is 0 Å². The van der Waals surface area contributed by atoms with Crippen LogP contribution in [0.25, 0.3) is 0 Å². The first-order valence-corrected chi connectivity index (χ1v) is 9.01. The van der Waals surface area contributed by atoms with Gasteiger partial charge >= 0.3 is 0 Å². The van der Waals surface area contributed by atoms with Crippen LogP contribution < -0.4 is 10.6 Å². The molecule has 142 valence electrons. The predicted molar refractivity (Wildman–Crippen MR) is 114 cm³/mol. The first-order chi connectivity index (χ1) is 11.8. The van der Waals surface area contributed by atoms with Crippen LogP contribution >= 0.6 is 24.0 Å². The molecule has 5 nitrogen and oxygen atoms in total. The van der Waals surface area contributed by atoms with Crippen LogP contribution in [0.3, 0.4) is 0 Å². The van der Waals surface area contributed by atoms with Crippen molar-refractivity contribution in [1.29, 1.82) is 0 Å². The van der Waals surface area contributed by atoms with Crippen molar-refractivity contribution in [3.05, 3.63) is 35.4 Å². The van der Waals surface area contributed by atoms with Gasteiger partial charge in [-0.2, -0.15) is 0 Å². The molecule has 2 rings (SSSR count). The van der Waals surface area contributed by atoms with Gasteiger partial charge in [-0.1, -0.05) is 29.8 Å². The van der Waals surface area contributed by atoms with E-state index in [1.807, 2.05) is 0 Å². The number of benzene rings is 1. The Balaban J connectivity index is 0.00000312. The molecule has 0 aliphatic carbocycles. The van der Waals surface area contributed by atoms with Gasteiger partial charge in [-0.05, 0) is 32.3 Å². The minimum Gasteiger partial charge on any atom is -0.381 e. The third kappa shape index (κ3) is 9.42. The molecular formula is C19H32IN3O2. The van der Waals surface area contributed by atoms with Gasteiger partial charge < -0.3 is 20.1 Å². The van der Waals surface area contributed by atoms with E-state index < -0.39 is 0 Å². The summed E-state index contributed by atoms with van der Waals surface area (Å²) < 4.78 is 11.1. The van der Waals surface area contributed by atoms with Crippen molar-refractivity contribution in [3.63, 3.8) is 0 Å². The summed E-state index contributed by atoms with van der Waals surface area (Å²) in [7, 11) is 0. The highest BCUT2D eigenvalue weighted by Crippen LogP contribution is 2.12. The number of aliphatic imine (C=N–C) groups is 1. The van der Waals surface area contributed by atoms with Crippen molar-refractivity contribution >= 4 is 29.9 Å². The van der Waals surface area contributed by atoms with Crippen LogP contribution in [0.1, 0.15) is 30.9 Å². The largest absolute Gasteiger partial charge is 0.381 e. The number of ether oxygens (including phenoxy) is 2. The van der Waals surface area contributed by atoms with Crippen molar-refractivity contribution in [3.8, 4) is 0 Å². The Bertz CT molecular complexity index is 505. The maximum atomic E-state index is 5.72. The minimum absolute atomic E-state index is 0. The first kappa shape index (κ1) is 22.2. The van der Waals surface area contributed by atoms with Gasteiger partial charge in [0.1, 0.15) is 0 Å². The highest BCUT2D eigenvalue weighted by molar-refractivity contribution is 14.0. The van der Waals surface area contributed by atoms with Gasteiger partial charge in [0.2, 0.25) is 0 Å². The van der Waals surface area contributed by atoms with Crippen LogP contribution in [0.15, 0.2) is 29.3 Å². The molecule has 1 aliphatic heterocycles. The third-order valence-corrected chi connectivity index (χ3v) is 3.98. The molecule has 1 heterocycles. The summed E-state index contributed by atoms with van der Waals surface area (Å²) in [5.74, 6) is 1.45. The van der Waals surface area contributed by atoms with Gasteiger partial charge in [-0.3, -0.25) is 0 Å². The fourth-order valence-corrected chi connectivity index (χ4v) is 2.67. The second-order valence-electron chi connectivity index (χ2n) is 6.27. The molecule has 1 aliphatic rings. The molecule has 0 bridgehead atoms. The molecule has 6 heteroatoms. The maximum Gasteiger partial charge on any atom is 0.191 e. The average molecular weight is 461 g/mol. The molecule has 25 heavy (non-hydrogen) atoms. The number of nitrogens with one attached hydrogen (secondary N) is 2. The molecular weight excluding hydrogens is 429 g/mol. The van der Waals surface area contributed by atoms with Crippen LogP contribution in [0.2, 0.25) is 0 Å². The number of nitrogens with zero attached hydrogens (tertiary/aromatic N) is 1. The quantitative estimate of drug-likeness (QED) is 0.257. The highest BCUT2D eigenvalue weighted by atomic mass is 127. The lowest BCUT2D eigenvalue weighted by molar-refractivity contribution is 0.0888. The minimum atomic E-state index is 0. The number of rotatable bonds is 9. The van der Waals surface area contributed by atoms with E-state index in [0.29, 0.717) is 12.5 Å². The Morgan fingerprint density at radius 1 is 1.36 bits per heavy atom. The number of guanidine groups is 1. The van der Waals surface area contributed by atoms with Crippen LogP contribution in [0.4, 0.5) is 0 Å². The lowest BCUT2D eigenvalue weighted by Crippen LogP contribution is -2.38.